The second-order valence-electron chi connectivity index (χ2n) is 9.65. The quantitative estimate of drug-likeness (QED) is 0.691. The van der Waals surface area contributed by atoms with E-state index < -0.39 is 17.1 Å². The summed E-state index contributed by atoms with van der Waals surface area (Å²) in [6, 6.07) is 14.8. The molecule has 1 heterocycles. The number of rotatable bonds is 5. The highest BCUT2D eigenvalue weighted by Crippen LogP contribution is 2.46. The maximum atomic E-state index is 13.5. The second kappa shape index (κ2) is 9.54. The Balaban J connectivity index is 1.76. The summed E-state index contributed by atoms with van der Waals surface area (Å²) in [5.74, 6) is -0.654. The van der Waals surface area contributed by atoms with E-state index in [9.17, 15) is 14.7 Å². The Morgan fingerprint density at radius 2 is 1.73 bits per heavy atom. The lowest BCUT2D eigenvalue weighted by atomic mass is 9.66. The number of halogens is 1. The molecule has 2 aromatic rings. The number of piperidine rings is 1. The molecule has 7 heteroatoms. The van der Waals surface area contributed by atoms with E-state index in [1.54, 1.807) is 41.3 Å². The highest BCUT2D eigenvalue weighted by Gasteiger charge is 2.50. The molecule has 2 amide bonds. The van der Waals surface area contributed by atoms with Gasteiger partial charge in [-0.2, -0.15) is 5.26 Å². The maximum Gasteiger partial charge on any atom is 0.251 e. The van der Waals surface area contributed by atoms with E-state index in [0.717, 1.165) is 5.56 Å². The third-order valence-electron chi connectivity index (χ3n) is 6.58. The lowest BCUT2D eigenvalue weighted by Gasteiger charge is -2.51. The zero-order valence-corrected chi connectivity index (χ0v) is 20.2. The maximum absolute atomic E-state index is 13.5. The van der Waals surface area contributed by atoms with Crippen molar-refractivity contribution in [3.05, 3.63) is 70.2 Å². The number of nitriles is 1. The molecule has 0 spiro atoms. The Bertz CT molecular complexity index is 1060. The van der Waals surface area contributed by atoms with Crippen molar-refractivity contribution in [3.63, 3.8) is 0 Å². The van der Waals surface area contributed by atoms with Crippen molar-refractivity contribution in [1.82, 2.24) is 10.2 Å². The molecule has 0 unspecified atom stereocenters. The highest BCUT2D eigenvalue weighted by molar-refractivity contribution is 6.30. The predicted octanol–water partition coefficient (Wildman–Crippen LogP) is 4.11. The zero-order chi connectivity index (χ0) is 24.4. The van der Waals surface area contributed by atoms with Gasteiger partial charge in [0.15, 0.2) is 0 Å². The van der Waals surface area contributed by atoms with Crippen LogP contribution in [-0.4, -0.2) is 41.0 Å². The summed E-state index contributed by atoms with van der Waals surface area (Å²) < 4.78 is 0. The van der Waals surface area contributed by atoms with Gasteiger partial charge in [-0.15, -0.1) is 0 Å². The van der Waals surface area contributed by atoms with Gasteiger partial charge in [0.05, 0.1) is 17.2 Å². The van der Waals surface area contributed by atoms with Gasteiger partial charge in [0.25, 0.3) is 5.91 Å². The van der Waals surface area contributed by atoms with Gasteiger partial charge >= 0.3 is 0 Å². The van der Waals surface area contributed by atoms with Crippen molar-refractivity contribution in [1.29, 1.82) is 5.26 Å². The minimum atomic E-state index is -1.10. The normalized spacial score (nSPS) is 20.7. The number of carbonyl (C=O) groups is 2. The lowest BCUT2D eigenvalue weighted by molar-refractivity contribution is -0.155. The van der Waals surface area contributed by atoms with Crippen LogP contribution in [0.4, 0.5) is 0 Å². The molecule has 0 saturated carbocycles. The van der Waals surface area contributed by atoms with Gasteiger partial charge in [-0.1, -0.05) is 51.4 Å². The van der Waals surface area contributed by atoms with E-state index in [4.69, 9.17) is 16.9 Å². The number of hydrogen-bond acceptors (Lipinski definition) is 4. The van der Waals surface area contributed by atoms with Gasteiger partial charge in [-0.3, -0.25) is 9.59 Å². The van der Waals surface area contributed by atoms with Crippen molar-refractivity contribution in [2.75, 3.05) is 13.1 Å². The van der Waals surface area contributed by atoms with Gasteiger partial charge in [-0.25, -0.2) is 0 Å². The number of likely N-dealkylation sites (tertiary alicyclic amines) is 1. The monoisotopic (exact) mass is 467 g/mol. The van der Waals surface area contributed by atoms with E-state index in [-0.39, 0.29) is 17.7 Å². The number of nitrogens with zero attached hydrogens (tertiary/aromatic N) is 2. The van der Waals surface area contributed by atoms with E-state index >= 15 is 0 Å². The van der Waals surface area contributed by atoms with Crippen LogP contribution in [0.15, 0.2) is 48.5 Å². The Hall–Kier alpha value is -2.88. The molecule has 2 atom stereocenters. The van der Waals surface area contributed by atoms with E-state index in [2.05, 4.69) is 5.32 Å². The van der Waals surface area contributed by atoms with Crippen LogP contribution in [0.1, 0.15) is 55.6 Å². The lowest BCUT2D eigenvalue weighted by Crippen LogP contribution is -2.60. The van der Waals surface area contributed by atoms with E-state index in [1.165, 1.54) is 0 Å². The summed E-state index contributed by atoms with van der Waals surface area (Å²) in [6.07, 6.45) is 0.377. The van der Waals surface area contributed by atoms with Crippen molar-refractivity contribution >= 4 is 23.4 Å². The van der Waals surface area contributed by atoms with Crippen molar-refractivity contribution in [2.24, 2.45) is 11.3 Å². The SMILES string of the molecule is CC(C)[C@@H](NC(=O)c1ccc(C#N)cc1)C(=O)N1CC[C@](O)(c2ccc(Cl)cc2)C(C)(C)C1. The molecule has 6 nitrogen and oxygen atoms in total. The molecule has 0 radical (unpaired) electrons. The molecule has 0 aromatic heterocycles. The molecule has 2 aromatic carbocycles. The average molecular weight is 468 g/mol. The Morgan fingerprint density at radius 1 is 1.12 bits per heavy atom. The van der Waals surface area contributed by atoms with Crippen LogP contribution in [0.2, 0.25) is 5.02 Å². The molecule has 1 fully saturated rings. The summed E-state index contributed by atoms with van der Waals surface area (Å²) in [5, 5.41) is 24.0. The first-order chi connectivity index (χ1) is 15.5. The molecule has 33 heavy (non-hydrogen) atoms. The van der Waals surface area contributed by atoms with E-state index in [1.807, 2.05) is 45.9 Å². The minimum absolute atomic E-state index is 0.125. The molecule has 2 N–H and O–H groups in total. The molecule has 0 bridgehead atoms. The minimum Gasteiger partial charge on any atom is -0.384 e. The van der Waals surface area contributed by atoms with Gasteiger partial charge in [0.2, 0.25) is 5.91 Å². The summed E-state index contributed by atoms with van der Waals surface area (Å²) in [6.45, 7) is 8.39. The fourth-order valence-corrected chi connectivity index (χ4v) is 4.53. The standard InChI is InChI=1S/C26H30ClN3O3/c1-17(2)22(29-23(31)19-7-5-18(15-28)6-8-19)24(32)30-14-13-26(33,25(3,4)16-30)20-9-11-21(27)12-10-20/h5-12,17,22,33H,13-14,16H2,1-4H3,(H,29,31)/t22-,26+/m1/s1. The number of hydrogen-bond donors (Lipinski definition) is 2. The number of aliphatic hydroxyl groups is 1. The molecule has 174 valence electrons. The van der Waals surface area contributed by atoms with Gasteiger partial charge in [0.1, 0.15) is 6.04 Å². The third-order valence-corrected chi connectivity index (χ3v) is 6.83. The molecule has 1 aliphatic heterocycles. The largest absolute Gasteiger partial charge is 0.384 e. The number of amides is 2. The van der Waals surface area contributed by atoms with Crippen molar-refractivity contribution in [2.45, 2.75) is 45.8 Å². The number of benzene rings is 2. The molecular weight excluding hydrogens is 438 g/mol. The van der Waals surface area contributed by atoms with E-state index in [0.29, 0.717) is 35.7 Å². The summed E-state index contributed by atoms with van der Waals surface area (Å²) in [4.78, 5) is 28.0. The molecule has 3 rings (SSSR count). The third kappa shape index (κ3) is 5.05. The smallest absolute Gasteiger partial charge is 0.251 e. The summed E-state index contributed by atoms with van der Waals surface area (Å²) >= 11 is 6.01. The average Bonchev–Trinajstić information content (AvgIpc) is 2.78. The summed E-state index contributed by atoms with van der Waals surface area (Å²) in [7, 11) is 0. The first-order valence-electron chi connectivity index (χ1n) is 11.1. The Morgan fingerprint density at radius 3 is 2.24 bits per heavy atom. The van der Waals surface area contributed by atoms with Crippen LogP contribution in [0.25, 0.3) is 0 Å². The van der Waals surface area contributed by atoms with Crippen LogP contribution in [0.5, 0.6) is 0 Å². The number of nitrogens with one attached hydrogen (secondary N) is 1. The van der Waals surface area contributed by atoms with Gasteiger partial charge < -0.3 is 15.3 Å². The highest BCUT2D eigenvalue weighted by atomic mass is 35.5. The van der Waals surface area contributed by atoms with Gasteiger partial charge in [-0.05, 0) is 54.3 Å². The van der Waals surface area contributed by atoms with Crippen LogP contribution in [0, 0.1) is 22.7 Å². The molecule has 1 aliphatic rings. The Labute approximate surface area is 200 Å². The number of carbonyl (C=O) groups excluding carboxylic acids is 2. The van der Waals surface area contributed by atoms with Crippen LogP contribution in [0.3, 0.4) is 0 Å². The Kier molecular flexibility index (Phi) is 7.16. The fraction of sp³-hybridized carbons (Fsp3) is 0.423. The first kappa shape index (κ1) is 24.8. The zero-order valence-electron chi connectivity index (χ0n) is 19.4. The van der Waals surface area contributed by atoms with Crippen LogP contribution >= 0.6 is 11.6 Å². The van der Waals surface area contributed by atoms with Crippen LogP contribution in [-0.2, 0) is 10.4 Å². The fourth-order valence-electron chi connectivity index (χ4n) is 4.40. The molecular formula is C26H30ClN3O3. The molecule has 0 aliphatic carbocycles. The second-order valence-corrected chi connectivity index (χ2v) is 10.1. The van der Waals surface area contributed by atoms with Crippen molar-refractivity contribution in [3.8, 4) is 6.07 Å². The first-order valence-corrected chi connectivity index (χ1v) is 11.4. The predicted molar refractivity (Wildman–Crippen MR) is 128 cm³/mol. The van der Waals surface area contributed by atoms with Gasteiger partial charge in [0, 0.05) is 29.1 Å². The van der Waals surface area contributed by atoms with Crippen LogP contribution < -0.4 is 5.32 Å². The topological polar surface area (TPSA) is 93.4 Å². The summed E-state index contributed by atoms with van der Waals surface area (Å²) in [5.41, 5.74) is -0.0882. The van der Waals surface area contributed by atoms with Crippen molar-refractivity contribution < 1.29 is 14.7 Å². The molecule has 1 saturated heterocycles.